The molecule has 0 aromatic carbocycles. The Bertz CT molecular complexity index is 909. The van der Waals surface area contributed by atoms with Gasteiger partial charge in [-0.2, -0.15) is 0 Å². The normalized spacial score (nSPS) is 26.4. The average molecular weight is 409 g/mol. The number of aryl methyl sites for hydroxylation is 1. The zero-order chi connectivity index (χ0) is 21.4. The number of likely N-dealkylation sites (tertiary alicyclic amines) is 1. The highest BCUT2D eigenvalue weighted by Crippen LogP contribution is 2.43. The van der Waals surface area contributed by atoms with Gasteiger partial charge in [-0.3, -0.25) is 23.9 Å². The van der Waals surface area contributed by atoms with Gasteiger partial charge in [0, 0.05) is 37.7 Å². The van der Waals surface area contributed by atoms with E-state index in [9.17, 15) is 24.3 Å². The number of H-pyrrole nitrogens is 1. The molecule has 3 rings (SSSR count). The number of rotatable bonds is 4. The molecule has 10 heteroatoms. The lowest BCUT2D eigenvalue weighted by Gasteiger charge is -2.51. The largest absolute Gasteiger partial charge is 0.481 e. The molecule has 0 unspecified atom stereocenters. The molecule has 2 atom stereocenters. The van der Waals surface area contributed by atoms with Gasteiger partial charge in [0.15, 0.2) is 0 Å². The Morgan fingerprint density at radius 3 is 2.55 bits per heavy atom. The van der Waals surface area contributed by atoms with E-state index in [2.05, 4.69) is 4.98 Å². The number of amides is 1. The summed E-state index contributed by atoms with van der Waals surface area (Å²) in [7, 11) is 0. The Morgan fingerprint density at radius 2 is 1.93 bits per heavy atom. The van der Waals surface area contributed by atoms with Crippen molar-refractivity contribution in [3.05, 3.63) is 32.6 Å². The monoisotopic (exact) mass is 409 g/mol. The van der Waals surface area contributed by atoms with Crippen LogP contribution < -0.4 is 11.2 Å². The van der Waals surface area contributed by atoms with Crippen molar-refractivity contribution < 1.29 is 24.5 Å². The molecule has 0 radical (unpaired) electrons. The molecule has 1 amide bonds. The van der Waals surface area contributed by atoms with E-state index < -0.39 is 34.5 Å². The van der Waals surface area contributed by atoms with Gasteiger partial charge >= 0.3 is 11.7 Å². The molecule has 2 saturated heterocycles. The zero-order valence-corrected chi connectivity index (χ0v) is 16.6. The first kappa shape index (κ1) is 21.3. The molecule has 1 spiro atoms. The third kappa shape index (κ3) is 4.43. The number of nitrogens with one attached hydrogen (secondary N) is 1. The van der Waals surface area contributed by atoms with Crippen LogP contribution in [0.15, 0.2) is 15.8 Å². The number of aliphatic carboxylic acids is 1. The number of ether oxygens (including phenoxy) is 1. The maximum Gasteiger partial charge on any atom is 0.328 e. The molecule has 2 aliphatic heterocycles. The number of carbonyl (C=O) groups is 2. The number of nitrogens with zero attached hydrogens (tertiary/aromatic N) is 2. The van der Waals surface area contributed by atoms with Gasteiger partial charge in [0.05, 0.1) is 24.7 Å². The maximum atomic E-state index is 12.4. The van der Waals surface area contributed by atoms with Crippen LogP contribution in [-0.2, 0) is 14.3 Å². The van der Waals surface area contributed by atoms with Gasteiger partial charge < -0.3 is 19.8 Å². The number of hydrogen-bond donors (Lipinski definition) is 3. The van der Waals surface area contributed by atoms with Gasteiger partial charge in [0.25, 0.3) is 5.56 Å². The second kappa shape index (κ2) is 7.75. The van der Waals surface area contributed by atoms with Crippen LogP contribution in [0.4, 0.5) is 0 Å². The van der Waals surface area contributed by atoms with E-state index >= 15 is 0 Å². The molecule has 0 bridgehead atoms. The van der Waals surface area contributed by atoms with E-state index in [1.165, 1.54) is 10.8 Å². The topological polar surface area (TPSA) is 142 Å². The second-order valence-corrected chi connectivity index (χ2v) is 8.30. The summed E-state index contributed by atoms with van der Waals surface area (Å²) in [4.78, 5) is 50.8. The first-order valence-electron chi connectivity index (χ1n) is 9.71. The quantitative estimate of drug-likeness (QED) is 0.624. The predicted molar refractivity (Wildman–Crippen MR) is 102 cm³/mol. The molecule has 0 aliphatic carbocycles. The minimum atomic E-state index is -1.30. The Hall–Kier alpha value is -2.46. The lowest BCUT2D eigenvalue weighted by molar-refractivity contribution is -0.202. The van der Waals surface area contributed by atoms with Crippen molar-refractivity contribution in [3.63, 3.8) is 0 Å². The standard InChI is InChI=1S/C19H27N3O7/c1-12-10-22(17(27)20-16(12)26)13-9-19(29-11-18(13,2)28)5-7-21(8-6-19)14(23)3-4-15(24)25/h10,13,28H,3-9,11H2,1-2H3,(H,24,25)(H,20,26,27)/t13-,18-/m0/s1. The molecule has 3 heterocycles. The minimum Gasteiger partial charge on any atom is -0.481 e. The summed E-state index contributed by atoms with van der Waals surface area (Å²) in [5.74, 6) is -1.21. The van der Waals surface area contributed by atoms with Gasteiger partial charge in [-0.15, -0.1) is 0 Å². The number of piperidine rings is 1. The maximum absolute atomic E-state index is 12.4. The van der Waals surface area contributed by atoms with Crippen molar-refractivity contribution in [2.24, 2.45) is 0 Å². The lowest BCUT2D eigenvalue weighted by atomic mass is 9.77. The SMILES string of the molecule is Cc1cn([C@H]2CC3(CCN(C(=O)CCC(=O)O)CC3)OC[C@]2(C)O)c(=O)[nH]c1=O. The Morgan fingerprint density at radius 1 is 1.28 bits per heavy atom. The van der Waals surface area contributed by atoms with Gasteiger partial charge in [0.2, 0.25) is 5.91 Å². The molecule has 3 N–H and O–H groups in total. The number of carboxylic acids is 1. The minimum absolute atomic E-state index is 0.0231. The average Bonchev–Trinajstić information content (AvgIpc) is 2.66. The van der Waals surface area contributed by atoms with Crippen LogP contribution in [0.3, 0.4) is 0 Å². The summed E-state index contributed by atoms with van der Waals surface area (Å²) in [6.45, 7) is 4.07. The molecule has 29 heavy (non-hydrogen) atoms. The van der Waals surface area contributed by atoms with Gasteiger partial charge in [0.1, 0.15) is 5.60 Å². The summed E-state index contributed by atoms with van der Waals surface area (Å²) in [5.41, 5.74) is -2.56. The van der Waals surface area contributed by atoms with Gasteiger partial charge in [-0.25, -0.2) is 4.79 Å². The van der Waals surface area contributed by atoms with Gasteiger partial charge in [-0.05, 0) is 26.7 Å². The van der Waals surface area contributed by atoms with Crippen LogP contribution in [0.2, 0.25) is 0 Å². The summed E-state index contributed by atoms with van der Waals surface area (Å²) in [5, 5.41) is 19.6. The van der Waals surface area contributed by atoms with E-state index in [1.807, 2.05) is 0 Å². The Balaban J connectivity index is 1.76. The number of carbonyl (C=O) groups excluding carboxylic acids is 1. The van der Waals surface area contributed by atoms with Crippen molar-refractivity contribution >= 4 is 11.9 Å². The third-order valence-corrected chi connectivity index (χ3v) is 6.02. The predicted octanol–water partition coefficient (Wildman–Crippen LogP) is -0.217. The number of aromatic nitrogens is 2. The Labute approximate surface area is 167 Å². The number of aliphatic hydroxyl groups is 1. The highest BCUT2D eigenvalue weighted by molar-refractivity contribution is 5.80. The molecule has 2 aliphatic rings. The zero-order valence-electron chi connectivity index (χ0n) is 16.6. The van der Waals surface area contributed by atoms with Crippen molar-refractivity contribution in [2.75, 3.05) is 19.7 Å². The molecule has 1 aromatic heterocycles. The fraction of sp³-hybridized carbons (Fsp3) is 0.684. The van der Waals surface area contributed by atoms with Crippen LogP contribution in [0.25, 0.3) is 0 Å². The smallest absolute Gasteiger partial charge is 0.328 e. The van der Waals surface area contributed by atoms with E-state index in [0.717, 1.165) is 0 Å². The summed E-state index contributed by atoms with van der Waals surface area (Å²) in [6, 6.07) is -0.589. The van der Waals surface area contributed by atoms with Crippen LogP contribution >= 0.6 is 0 Å². The fourth-order valence-corrected chi connectivity index (χ4v) is 4.13. The van der Waals surface area contributed by atoms with Crippen LogP contribution in [-0.4, -0.2) is 67.4 Å². The molecule has 1 aromatic rings. The molecule has 160 valence electrons. The van der Waals surface area contributed by atoms with Crippen molar-refractivity contribution in [2.45, 2.75) is 63.2 Å². The van der Waals surface area contributed by atoms with E-state index in [0.29, 0.717) is 37.9 Å². The number of hydrogen-bond acceptors (Lipinski definition) is 6. The first-order valence-corrected chi connectivity index (χ1v) is 9.71. The van der Waals surface area contributed by atoms with Crippen molar-refractivity contribution in [1.82, 2.24) is 14.5 Å². The molecule has 2 fully saturated rings. The van der Waals surface area contributed by atoms with E-state index in [-0.39, 0.29) is 25.4 Å². The number of aromatic amines is 1. The van der Waals surface area contributed by atoms with Gasteiger partial charge in [-0.1, -0.05) is 0 Å². The van der Waals surface area contributed by atoms with Crippen LogP contribution in [0.1, 0.15) is 50.6 Å². The summed E-state index contributed by atoms with van der Waals surface area (Å²) >= 11 is 0. The summed E-state index contributed by atoms with van der Waals surface area (Å²) in [6.07, 6.45) is 2.64. The Kier molecular flexibility index (Phi) is 5.68. The molecule has 10 nitrogen and oxygen atoms in total. The van der Waals surface area contributed by atoms with Crippen LogP contribution in [0.5, 0.6) is 0 Å². The highest BCUT2D eigenvalue weighted by atomic mass is 16.5. The fourth-order valence-electron chi connectivity index (χ4n) is 4.13. The molecule has 0 saturated carbocycles. The molecular weight excluding hydrogens is 382 g/mol. The number of carboxylic acid groups (broad SMARTS) is 1. The summed E-state index contributed by atoms with van der Waals surface area (Å²) < 4.78 is 7.39. The van der Waals surface area contributed by atoms with Crippen LogP contribution in [0, 0.1) is 6.92 Å². The van der Waals surface area contributed by atoms with Crippen molar-refractivity contribution in [3.8, 4) is 0 Å². The first-order chi connectivity index (χ1) is 13.5. The highest BCUT2D eigenvalue weighted by Gasteiger charge is 2.49. The molecular formula is C19H27N3O7. The van der Waals surface area contributed by atoms with Crippen molar-refractivity contribution in [1.29, 1.82) is 0 Å². The van der Waals surface area contributed by atoms with E-state index in [4.69, 9.17) is 9.84 Å². The van der Waals surface area contributed by atoms with E-state index in [1.54, 1.807) is 18.7 Å². The second-order valence-electron chi connectivity index (χ2n) is 8.30. The third-order valence-electron chi connectivity index (χ3n) is 6.02. The lowest BCUT2D eigenvalue weighted by Crippen LogP contribution is -2.59.